The molecule has 0 spiro atoms. The smallest absolute Gasteiger partial charge is 0.0118 e. The third kappa shape index (κ3) is 6.13. The zero-order chi connectivity index (χ0) is 15.7. The van der Waals surface area contributed by atoms with Crippen molar-refractivity contribution in [3.63, 3.8) is 0 Å². The zero-order valence-electron chi connectivity index (χ0n) is 13.8. The quantitative estimate of drug-likeness (QED) is 0.256. The van der Waals surface area contributed by atoms with Crippen molar-refractivity contribution in [1.29, 1.82) is 0 Å². The molecule has 0 radical (unpaired) electrons. The molecule has 0 fully saturated rings. The van der Waals surface area contributed by atoms with Gasteiger partial charge in [-0.3, -0.25) is 0 Å². The van der Waals surface area contributed by atoms with E-state index in [9.17, 15) is 0 Å². The maximum absolute atomic E-state index is 4.31. The van der Waals surface area contributed by atoms with Crippen molar-refractivity contribution in [2.45, 2.75) is 51.3 Å². The zero-order valence-corrected chi connectivity index (χ0v) is 14.7. The van der Waals surface area contributed by atoms with Crippen LogP contribution in [0, 0.1) is 17.8 Å². The number of allylic oxidation sites excluding steroid dienone is 2. The Kier molecular flexibility index (Phi) is 8.52. The van der Waals surface area contributed by atoms with Gasteiger partial charge in [0.25, 0.3) is 0 Å². The van der Waals surface area contributed by atoms with Gasteiger partial charge >= 0.3 is 0 Å². The summed E-state index contributed by atoms with van der Waals surface area (Å²) in [5, 5.41) is 0. The Hall–Kier alpha value is -0.950. The van der Waals surface area contributed by atoms with Crippen molar-refractivity contribution in [1.82, 2.24) is 0 Å². The average Bonchev–Trinajstić information content (AvgIpc) is 2.49. The Morgan fingerprint density at radius 2 is 1.86 bits per heavy atom. The third-order valence-electron chi connectivity index (χ3n) is 4.27. The molecule has 1 heteroatoms. The van der Waals surface area contributed by atoms with Crippen LogP contribution in [0.2, 0.25) is 0 Å². The average molecular weight is 303 g/mol. The summed E-state index contributed by atoms with van der Waals surface area (Å²) in [7, 11) is 0. The van der Waals surface area contributed by atoms with Crippen molar-refractivity contribution in [3.05, 3.63) is 54.5 Å². The minimum atomic E-state index is 0.462. The summed E-state index contributed by atoms with van der Waals surface area (Å²) in [5.74, 6) is 1.66. The van der Waals surface area contributed by atoms with Gasteiger partial charge in [0.05, 0.1) is 0 Å². The van der Waals surface area contributed by atoms with Gasteiger partial charge in [0.15, 0.2) is 0 Å². The highest BCUT2D eigenvalue weighted by molar-refractivity contribution is 8.03. The topological polar surface area (TPSA) is 0 Å². The molecule has 1 aromatic carbocycles. The van der Waals surface area contributed by atoms with Crippen molar-refractivity contribution >= 4 is 11.8 Å². The molecule has 0 saturated heterocycles. The SMILES string of the molecule is C=C[C@@H](C(C)C(=C)Sc1ccccc1)[C@H](C)CCCCC. The maximum Gasteiger partial charge on any atom is 0.0118 e. The Balaban J connectivity index is 2.58. The standard InChI is InChI=1S/C20H30S/c1-6-8-10-13-16(3)20(7-2)17(4)18(5)21-19-14-11-9-12-15-19/h7,9,11-12,14-17,20H,2,5-6,8,10,13H2,1,3-4H3/t16-,17?,20-/m1/s1. The molecule has 0 bridgehead atoms. The van der Waals surface area contributed by atoms with Crippen LogP contribution in [0.1, 0.15) is 46.5 Å². The van der Waals surface area contributed by atoms with Crippen LogP contribution >= 0.6 is 11.8 Å². The molecule has 21 heavy (non-hydrogen) atoms. The summed E-state index contributed by atoms with van der Waals surface area (Å²) >= 11 is 1.80. The first-order chi connectivity index (χ1) is 10.1. The molecular weight excluding hydrogens is 272 g/mol. The van der Waals surface area contributed by atoms with Gasteiger partial charge in [-0.25, -0.2) is 0 Å². The molecule has 0 saturated carbocycles. The molecule has 1 rings (SSSR count). The fourth-order valence-electron chi connectivity index (χ4n) is 2.79. The van der Waals surface area contributed by atoms with Gasteiger partial charge in [-0.2, -0.15) is 0 Å². The monoisotopic (exact) mass is 302 g/mol. The first-order valence-corrected chi connectivity index (χ1v) is 8.96. The number of rotatable bonds is 10. The van der Waals surface area contributed by atoms with E-state index in [2.05, 4.69) is 70.3 Å². The Morgan fingerprint density at radius 1 is 1.19 bits per heavy atom. The molecule has 0 heterocycles. The molecule has 3 atom stereocenters. The molecule has 1 aromatic rings. The lowest BCUT2D eigenvalue weighted by Gasteiger charge is -2.28. The van der Waals surface area contributed by atoms with Crippen molar-refractivity contribution in [2.24, 2.45) is 17.8 Å². The van der Waals surface area contributed by atoms with E-state index >= 15 is 0 Å². The van der Waals surface area contributed by atoms with Gasteiger partial charge in [0.1, 0.15) is 0 Å². The van der Waals surface area contributed by atoms with Gasteiger partial charge in [-0.05, 0) is 34.8 Å². The molecule has 1 unspecified atom stereocenters. The number of thioether (sulfide) groups is 1. The fourth-order valence-corrected chi connectivity index (χ4v) is 3.72. The molecule has 0 amide bonds. The van der Waals surface area contributed by atoms with E-state index in [1.807, 2.05) is 0 Å². The Bertz CT molecular complexity index is 421. The number of hydrogen-bond donors (Lipinski definition) is 0. The predicted molar refractivity (Wildman–Crippen MR) is 97.6 cm³/mol. The third-order valence-corrected chi connectivity index (χ3v) is 5.41. The number of hydrogen-bond acceptors (Lipinski definition) is 1. The van der Waals surface area contributed by atoms with E-state index in [-0.39, 0.29) is 0 Å². The number of unbranched alkanes of at least 4 members (excludes halogenated alkanes) is 2. The molecule has 0 aliphatic heterocycles. The summed E-state index contributed by atoms with van der Waals surface area (Å²) in [4.78, 5) is 2.52. The Morgan fingerprint density at radius 3 is 2.43 bits per heavy atom. The molecule has 116 valence electrons. The van der Waals surface area contributed by atoms with Gasteiger partial charge < -0.3 is 0 Å². The second-order valence-corrected chi connectivity index (χ2v) is 7.16. The van der Waals surface area contributed by atoms with Crippen molar-refractivity contribution in [2.75, 3.05) is 0 Å². The minimum Gasteiger partial charge on any atom is -0.103 e. The highest BCUT2D eigenvalue weighted by Crippen LogP contribution is 2.38. The summed E-state index contributed by atoms with van der Waals surface area (Å²) in [6.45, 7) is 15.3. The highest BCUT2D eigenvalue weighted by Gasteiger charge is 2.23. The van der Waals surface area contributed by atoms with Gasteiger partial charge in [0.2, 0.25) is 0 Å². The van der Waals surface area contributed by atoms with Gasteiger partial charge in [0, 0.05) is 4.90 Å². The lowest BCUT2D eigenvalue weighted by Crippen LogP contribution is -2.18. The number of benzene rings is 1. The summed E-state index contributed by atoms with van der Waals surface area (Å²) < 4.78 is 0. The van der Waals surface area contributed by atoms with Crippen LogP contribution in [0.15, 0.2) is 59.4 Å². The van der Waals surface area contributed by atoms with Crippen LogP contribution < -0.4 is 0 Å². The van der Waals surface area contributed by atoms with Crippen LogP contribution in [0.3, 0.4) is 0 Å². The first-order valence-electron chi connectivity index (χ1n) is 8.14. The van der Waals surface area contributed by atoms with Crippen LogP contribution in [0.25, 0.3) is 0 Å². The summed E-state index contributed by atoms with van der Waals surface area (Å²) in [5.41, 5.74) is 0. The van der Waals surface area contributed by atoms with Crippen LogP contribution in [0.5, 0.6) is 0 Å². The van der Waals surface area contributed by atoms with E-state index in [4.69, 9.17) is 0 Å². The predicted octanol–water partition coefficient (Wildman–Crippen LogP) is 6.95. The lowest BCUT2D eigenvalue weighted by atomic mass is 9.81. The molecule has 0 N–H and O–H groups in total. The maximum atomic E-state index is 4.31. The minimum absolute atomic E-state index is 0.462. The molecular formula is C20H30S. The molecule has 0 aromatic heterocycles. The highest BCUT2D eigenvalue weighted by atomic mass is 32.2. The second kappa shape index (κ2) is 9.89. The fraction of sp³-hybridized carbons (Fsp3) is 0.500. The van der Waals surface area contributed by atoms with Crippen LogP contribution in [0.4, 0.5) is 0 Å². The van der Waals surface area contributed by atoms with Crippen LogP contribution in [-0.2, 0) is 0 Å². The largest absolute Gasteiger partial charge is 0.103 e. The summed E-state index contributed by atoms with van der Waals surface area (Å²) in [6.07, 6.45) is 7.38. The van der Waals surface area contributed by atoms with Crippen LogP contribution in [-0.4, -0.2) is 0 Å². The van der Waals surface area contributed by atoms with E-state index in [0.717, 1.165) is 0 Å². The van der Waals surface area contributed by atoms with Crippen molar-refractivity contribution < 1.29 is 0 Å². The first kappa shape index (κ1) is 18.1. The van der Waals surface area contributed by atoms with Crippen molar-refractivity contribution in [3.8, 4) is 0 Å². The van der Waals surface area contributed by atoms with E-state index in [1.54, 1.807) is 11.8 Å². The Labute approximate surface area is 135 Å². The summed E-state index contributed by atoms with van der Waals surface area (Å²) in [6, 6.07) is 10.5. The van der Waals surface area contributed by atoms with E-state index in [1.165, 1.54) is 35.5 Å². The van der Waals surface area contributed by atoms with E-state index < -0.39 is 0 Å². The van der Waals surface area contributed by atoms with Gasteiger partial charge in [-0.15, -0.1) is 6.58 Å². The molecule has 0 aliphatic carbocycles. The molecule has 0 aliphatic rings. The second-order valence-electron chi connectivity index (χ2n) is 5.96. The normalized spacial score (nSPS) is 15.2. The lowest BCUT2D eigenvalue weighted by molar-refractivity contribution is 0.328. The molecule has 0 nitrogen and oxygen atoms in total. The van der Waals surface area contributed by atoms with E-state index in [0.29, 0.717) is 17.8 Å². The van der Waals surface area contributed by atoms with Gasteiger partial charge in [-0.1, -0.05) is 89.1 Å².